The van der Waals surface area contributed by atoms with Crippen molar-refractivity contribution in [3.8, 4) is 10.7 Å². The highest BCUT2D eigenvalue weighted by Gasteiger charge is 2.21. The van der Waals surface area contributed by atoms with Crippen molar-refractivity contribution in [1.29, 1.82) is 0 Å². The molecule has 0 saturated carbocycles. The first-order valence-corrected chi connectivity index (χ1v) is 11.7. The maximum absolute atomic E-state index is 12.8. The molecule has 4 aromatic rings. The van der Waals surface area contributed by atoms with Gasteiger partial charge in [-0.3, -0.25) is 14.5 Å². The van der Waals surface area contributed by atoms with Gasteiger partial charge in [-0.25, -0.2) is 4.98 Å². The van der Waals surface area contributed by atoms with Crippen LogP contribution in [0, 0.1) is 11.7 Å². The molecule has 0 spiro atoms. The lowest BCUT2D eigenvalue weighted by atomic mass is 10.2. The molecule has 0 saturated heterocycles. The number of hydrogen-bond acceptors (Lipinski definition) is 7. The number of carbonyl (C=O) groups excluding carboxylic acids is 1. The van der Waals surface area contributed by atoms with E-state index in [1.54, 1.807) is 39.0 Å². The van der Waals surface area contributed by atoms with Crippen molar-refractivity contribution in [3.63, 3.8) is 0 Å². The summed E-state index contributed by atoms with van der Waals surface area (Å²) in [6.45, 7) is 3.79. The first-order valence-electron chi connectivity index (χ1n) is 8.73. The number of amides is 1. The first-order chi connectivity index (χ1) is 14.0. The lowest BCUT2D eigenvalue weighted by Crippen LogP contribution is -2.24. The zero-order valence-electron chi connectivity index (χ0n) is 15.6. The van der Waals surface area contributed by atoms with E-state index in [0.29, 0.717) is 10.6 Å². The minimum atomic E-state index is -0.509. The van der Waals surface area contributed by atoms with Crippen LogP contribution in [0.5, 0.6) is 0 Å². The quantitative estimate of drug-likeness (QED) is 0.357. The molecular weight excluding hydrogens is 443 g/mol. The molecule has 3 aromatic heterocycles. The Balaban J connectivity index is 1.47. The average Bonchev–Trinajstić information content (AvgIpc) is 3.44. The molecular formula is C19H17N5OS4. The lowest BCUT2D eigenvalue weighted by Gasteiger charge is -2.15. The molecule has 6 nitrogen and oxygen atoms in total. The number of anilines is 1. The van der Waals surface area contributed by atoms with Crippen LogP contribution >= 0.6 is 46.7 Å². The van der Waals surface area contributed by atoms with E-state index in [2.05, 4.69) is 20.5 Å². The average molecular weight is 460 g/mol. The molecule has 29 heavy (non-hydrogen) atoms. The molecule has 1 aromatic carbocycles. The summed E-state index contributed by atoms with van der Waals surface area (Å²) < 4.78 is 3.16. The second kappa shape index (κ2) is 8.62. The Hall–Kier alpha value is -2.27. The van der Waals surface area contributed by atoms with Gasteiger partial charge in [0.25, 0.3) is 0 Å². The van der Waals surface area contributed by atoms with Gasteiger partial charge in [0.05, 0.1) is 4.88 Å². The van der Waals surface area contributed by atoms with Crippen molar-refractivity contribution >= 4 is 58.2 Å². The van der Waals surface area contributed by atoms with E-state index >= 15 is 0 Å². The summed E-state index contributed by atoms with van der Waals surface area (Å²) in [6, 6.07) is 11.1. The van der Waals surface area contributed by atoms with Crippen molar-refractivity contribution in [2.75, 3.05) is 5.32 Å². The standard InChI is InChI=1S/C19H17N5OS4/c1-11-10-28-19(20-11)29-14-7-5-13(6-8-14)21-17(25)12(2)24-16(22-23-18(24)26)15-4-3-9-27-15/h3-10,12H,1-2H3,(H,21,25)(H,23,26). The highest BCUT2D eigenvalue weighted by Crippen LogP contribution is 2.31. The molecule has 4 rings (SSSR count). The van der Waals surface area contributed by atoms with Gasteiger partial charge in [0.15, 0.2) is 14.9 Å². The SMILES string of the molecule is Cc1csc(Sc2ccc(NC(=O)C(C)n3c(-c4cccs4)n[nH]c3=S)cc2)n1. The number of thiazole rings is 1. The Bertz CT molecular complexity index is 1170. The van der Waals surface area contributed by atoms with Crippen molar-refractivity contribution in [2.24, 2.45) is 0 Å². The van der Waals surface area contributed by atoms with Crippen molar-refractivity contribution in [3.05, 3.63) is 57.6 Å². The third-order valence-corrected chi connectivity index (χ3v) is 7.36. The molecule has 1 amide bonds. The van der Waals surface area contributed by atoms with Crippen LogP contribution in [0.1, 0.15) is 18.7 Å². The van der Waals surface area contributed by atoms with Gasteiger partial charge in [0.1, 0.15) is 6.04 Å². The smallest absolute Gasteiger partial charge is 0.247 e. The predicted octanol–water partition coefficient (Wildman–Crippen LogP) is 5.79. The highest BCUT2D eigenvalue weighted by atomic mass is 32.2. The van der Waals surface area contributed by atoms with Crippen molar-refractivity contribution in [1.82, 2.24) is 19.7 Å². The number of hydrogen-bond donors (Lipinski definition) is 2. The largest absolute Gasteiger partial charge is 0.324 e. The topological polar surface area (TPSA) is 75.6 Å². The molecule has 3 heterocycles. The Kier molecular flexibility index (Phi) is 5.95. The number of nitrogens with zero attached hydrogens (tertiary/aromatic N) is 3. The van der Waals surface area contributed by atoms with Crippen LogP contribution in [0.15, 0.2) is 56.4 Å². The van der Waals surface area contributed by atoms with Crippen LogP contribution < -0.4 is 5.32 Å². The summed E-state index contributed by atoms with van der Waals surface area (Å²) in [5.41, 5.74) is 1.75. The number of aromatic nitrogens is 4. The monoisotopic (exact) mass is 459 g/mol. The van der Waals surface area contributed by atoms with Crippen LogP contribution in [-0.4, -0.2) is 25.7 Å². The summed E-state index contributed by atoms with van der Waals surface area (Å²) in [5.74, 6) is 0.509. The molecule has 10 heteroatoms. The molecule has 0 aliphatic rings. The van der Waals surface area contributed by atoms with Crippen LogP contribution in [0.3, 0.4) is 0 Å². The second-order valence-electron chi connectivity index (χ2n) is 6.25. The van der Waals surface area contributed by atoms with E-state index < -0.39 is 6.04 Å². The fourth-order valence-electron chi connectivity index (χ4n) is 2.69. The number of rotatable bonds is 6. The maximum atomic E-state index is 12.8. The van der Waals surface area contributed by atoms with E-state index in [1.807, 2.05) is 61.0 Å². The summed E-state index contributed by atoms with van der Waals surface area (Å²) in [7, 11) is 0. The van der Waals surface area contributed by atoms with Crippen LogP contribution in [-0.2, 0) is 4.79 Å². The van der Waals surface area contributed by atoms with Gasteiger partial charge in [0.2, 0.25) is 5.91 Å². The molecule has 0 radical (unpaired) electrons. The Morgan fingerprint density at radius 2 is 2.07 bits per heavy atom. The van der Waals surface area contributed by atoms with E-state index in [0.717, 1.165) is 25.5 Å². The van der Waals surface area contributed by atoms with Gasteiger partial charge in [-0.15, -0.1) is 22.7 Å². The minimum Gasteiger partial charge on any atom is -0.324 e. The second-order valence-corrected chi connectivity index (χ2v) is 9.76. The van der Waals surface area contributed by atoms with E-state index in [-0.39, 0.29) is 5.91 Å². The van der Waals surface area contributed by atoms with Crippen molar-refractivity contribution in [2.45, 2.75) is 29.1 Å². The number of aromatic amines is 1. The molecule has 2 N–H and O–H groups in total. The van der Waals surface area contributed by atoms with Gasteiger partial charge in [-0.05, 0) is 61.8 Å². The summed E-state index contributed by atoms with van der Waals surface area (Å²) in [5, 5.41) is 14.0. The summed E-state index contributed by atoms with van der Waals surface area (Å²) >= 11 is 10.1. The maximum Gasteiger partial charge on any atom is 0.247 e. The van der Waals surface area contributed by atoms with Crippen molar-refractivity contribution < 1.29 is 4.79 Å². The lowest BCUT2D eigenvalue weighted by molar-refractivity contribution is -0.118. The van der Waals surface area contributed by atoms with E-state index in [9.17, 15) is 4.79 Å². The molecule has 0 aliphatic carbocycles. The van der Waals surface area contributed by atoms with Gasteiger partial charge in [-0.2, -0.15) is 5.10 Å². The van der Waals surface area contributed by atoms with E-state index in [4.69, 9.17) is 12.2 Å². The van der Waals surface area contributed by atoms with E-state index in [1.165, 1.54) is 0 Å². The van der Waals surface area contributed by atoms with Gasteiger partial charge >= 0.3 is 0 Å². The number of benzene rings is 1. The summed E-state index contributed by atoms with van der Waals surface area (Å²) in [4.78, 5) is 19.3. The van der Waals surface area contributed by atoms with Crippen LogP contribution in [0.25, 0.3) is 10.7 Å². The fourth-order valence-corrected chi connectivity index (χ4v) is 5.50. The van der Waals surface area contributed by atoms with Gasteiger partial charge in [-0.1, -0.05) is 17.8 Å². The molecule has 0 bridgehead atoms. The third-order valence-electron chi connectivity index (χ3n) is 4.14. The number of carbonyl (C=O) groups is 1. The molecule has 1 unspecified atom stereocenters. The molecule has 0 fully saturated rings. The number of aryl methyl sites for hydroxylation is 1. The van der Waals surface area contributed by atoms with Gasteiger partial charge < -0.3 is 5.32 Å². The Labute approximate surface area is 185 Å². The summed E-state index contributed by atoms with van der Waals surface area (Å²) in [6.07, 6.45) is 0. The van der Waals surface area contributed by atoms with Crippen LogP contribution in [0.2, 0.25) is 0 Å². The number of thiophene rings is 1. The predicted molar refractivity (Wildman–Crippen MR) is 121 cm³/mol. The zero-order chi connectivity index (χ0) is 20.4. The van der Waals surface area contributed by atoms with Crippen LogP contribution in [0.4, 0.5) is 5.69 Å². The Morgan fingerprint density at radius 1 is 1.28 bits per heavy atom. The fraction of sp³-hybridized carbons (Fsp3) is 0.158. The highest BCUT2D eigenvalue weighted by molar-refractivity contribution is 8.01. The molecule has 148 valence electrons. The number of nitrogens with one attached hydrogen (secondary N) is 2. The molecule has 1 atom stereocenters. The third kappa shape index (κ3) is 4.50. The molecule has 0 aliphatic heterocycles. The minimum absolute atomic E-state index is 0.156. The Morgan fingerprint density at radius 3 is 2.72 bits per heavy atom. The number of H-pyrrole nitrogens is 1. The zero-order valence-corrected chi connectivity index (χ0v) is 18.8. The first kappa shape index (κ1) is 20.0. The normalized spacial score (nSPS) is 12.1. The van der Waals surface area contributed by atoms with Gasteiger partial charge in [0, 0.05) is 21.7 Å².